The molecule has 2 heteroatoms. The standard InChI is InChI=1S/C15H20O.CH4.Y/c1-11(2)14(16)10-12-7-6-8-13(9-12)15(3,4)5;;/h6,8-9H,10H2,1-5H3;1H4;/q-2;;. The Morgan fingerprint density at radius 2 is 1.89 bits per heavy atom. The van der Waals surface area contributed by atoms with Crippen LogP contribution in [0, 0.1) is 12.0 Å². The van der Waals surface area contributed by atoms with E-state index in [0.717, 1.165) is 11.5 Å². The number of ketones is 1. The van der Waals surface area contributed by atoms with Crippen molar-refractivity contribution in [2.75, 3.05) is 0 Å². The van der Waals surface area contributed by atoms with E-state index in [1.165, 1.54) is 5.56 Å². The van der Waals surface area contributed by atoms with Gasteiger partial charge in [-0.3, -0.25) is 0 Å². The van der Waals surface area contributed by atoms with E-state index in [0.29, 0.717) is 6.42 Å². The van der Waals surface area contributed by atoms with Crippen LogP contribution in [-0.2, 0) is 49.3 Å². The monoisotopic (exact) mass is 321 g/mol. The summed E-state index contributed by atoms with van der Waals surface area (Å²) in [7, 11) is 0. The van der Waals surface area contributed by atoms with Gasteiger partial charge < -0.3 is 10.7 Å². The Morgan fingerprint density at radius 3 is 2.33 bits per heavy atom. The van der Waals surface area contributed by atoms with Crippen molar-refractivity contribution in [2.24, 2.45) is 0 Å². The summed E-state index contributed by atoms with van der Waals surface area (Å²) in [5.41, 5.74) is 2.36. The molecule has 1 aromatic rings. The van der Waals surface area contributed by atoms with Gasteiger partial charge in [0.25, 0.3) is 0 Å². The van der Waals surface area contributed by atoms with Gasteiger partial charge in [0.2, 0.25) is 0 Å². The Kier molecular flexibility index (Phi) is 9.10. The van der Waals surface area contributed by atoms with Crippen LogP contribution in [0.3, 0.4) is 0 Å². The third-order valence-corrected chi connectivity index (χ3v) is 2.64. The summed E-state index contributed by atoms with van der Waals surface area (Å²) in [6.07, 6.45) is 0.465. The van der Waals surface area contributed by atoms with Gasteiger partial charge >= 0.3 is 0 Å². The Morgan fingerprint density at radius 1 is 1.33 bits per heavy atom. The van der Waals surface area contributed by atoms with Crippen molar-refractivity contribution in [3.05, 3.63) is 41.3 Å². The zero-order chi connectivity index (χ0) is 12.3. The molecule has 0 heterocycles. The molecule has 1 rings (SSSR count). The van der Waals surface area contributed by atoms with E-state index in [1.807, 2.05) is 19.9 Å². The van der Waals surface area contributed by atoms with Crippen LogP contribution in [0.15, 0.2) is 18.2 Å². The maximum Gasteiger partial charge on any atom is 0.00335 e. The van der Waals surface area contributed by atoms with Crippen LogP contribution in [0.1, 0.15) is 53.2 Å². The molecular weight excluding hydrogens is 297 g/mol. The zero-order valence-electron chi connectivity index (χ0n) is 11.4. The molecule has 0 saturated carbocycles. The summed E-state index contributed by atoms with van der Waals surface area (Å²) in [6, 6.07) is 9.19. The molecule has 0 fully saturated rings. The Balaban J connectivity index is 0. The fourth-order valence-electron chi connectivity index (χ4n) is 1.43. The molecule has 0 aliphatic heterocycles. The van der Waals surface area contributed by atoms with Crippen molar-refractivity contribution in [3.63, 3.8) is 0 Å². The quantitative estimate of drug-likeness (QED) is 0.765. The topological polar surface area (TPSA) is 17.1 Å². The minimum Gasteiger partial charge on any atom is -0.334 e. The summed E-state index contributed by atoms with van der Waals surface area (Å²) in [5.74, 6) is 1.05. The second-order valence-electron chi connectivity index (χ2n) is 5.45. The molecule has 0 aliphatic rings. The molecule has 18 heavy (non-hydrogen) atoms. The van der Waals surface area contributed by atoms with Gasteiger partial charge in [0.05, 0.1) is 0 Å². The molecule has 0 N–H and O–H groups in total. The van der Waals surface area contributed by atoms with Crippen LogP contribution >= 0.6 is 0 Å². The maximum absolute atomic E-state index is 11.6. The minimum atomic E-state index is 0. The van der Waals surface area contributed by atoms with Crippen molar-refractivity contribution in [2.45, 2.75) is 53.9 Å². The van der Waals surface area contributed by atoms with E-state index in [2.05, 4.69) is 39.0 Å². The first kappa shape index (κ1) is 20.2. The zero-order valence-corrected chi connectivity index (χ0v) is 14.3. The molecular formula is C16H24OY-2. The van der Waals surface area contributed by atoms with Crippen molar-refractivity contribution < 1.29 is 37.5 Å². The average molecular weight is 321 g/mol. The number of carbonyl (C=O) groups excluding carboxylic acids is 1. The Labute approximate surface area is 138 Å². The van der Waals surface area contributed by atoms with Crippen LogP contribution in [0.4, 0.5) is 0 Å². The Bertz CT molecular complexity index is 375. The van der Waals surface area contributed by atoms with Gasteiger partial charge in [0.1, 0.15) is 0 Å². The molecule has 1 aromatic carbocycles. The van der Waals surface area contributed by atoms with Gasteiger partial charge in [-0.05, 0) is 11.8 Å². The molecule has 0 bridgehead atoms. The van der Waals surface area contributed by atoms with E-state index in [4.69, 9.17) is 0 Å². The number of hydrogen-bond acceptors (Lipinski definition) is 1. The number of carbonyl (C=O) groups is 1. The maximum atomic E-state index is 11.6. The fourth-order valence-corrected chi connectivity index (χ4v) is 1.43. The molecule has 1 nitrogen and oxygen atoms in total. The molecule has 0 aromatic heterocycles. The molecule has 0 aliphatic carbocycles. The summed E-state index contributed by atoms with van der Waals surface area (Å²) in [5, 5.41) is 0. The molecule has 0 spiro atoms. The third-order valence-electron chi connectivity index (χ3n) is 2.64. The molecule has 0 atom stereocenters. The average Bonchev–Trinajstić information content (AvgIpc) is 2.16. The third kappa shape index (κ3) is 6.15. The van der Waals surface area contributed by atoms with Crippen LogP contribution in [0.25, 0.3) is 0 Å². The summed E-state index contributed by atoms with van der Waals surface area (Å²) in [6.45, 7) is 10.2. The molecule has 1 radical (unpaired) electrons. The summed E-state index contributed by atoms with van der Waals surface area (Å²) >= 11 is 0. The van der Waals surface area contributed by atoms with Gasteiger partial charge in [0, 0.05) is 38.5 Å². The van der Waals surface area contributed by atoms with Crippen molar-refractivity contribution in [3.8, 4) is 0 Å². The van der Waals surface area contributed by atoms with Gasteiger partial charge in [-0.1, -0.05) is 28.2 Å². The minimum absolute atomic E-state index is 0. The molecule has 99 valence electrons. The van der Waals surface area contributed by atoms with Crippen molar-refractivity contribution in [1.82, 2.24) is 0 Å². The van der Waals surface area contributed by atoms with Crippen molar-refractivity contribution in [1.29, 1.82) is 0 Å². The van der Waals surface area contributed by atoms with Crippen LogP contribution in [-0.4, -0.2) is 5.78 Å². The smallest absolute Gasteiger partial charge is 0.00335 e. The fraction of sp³-hybridized carbons (Fsp3) is 0.500. The summed E-state index contributed by atoms with van der Waals surface area (Å²) in [4.78, 5) is 11.6. The largest absolute Gasteiger partial charge is 0.334 e. The molecule has 0 saturated heterocycles. The van der Waals surface area contributed by atoms with Gasteiger partial charge in [0.15, 0.2) is 0 Å². The molecule has 0 unspecified atom stereocenters. The Hall–Kier alpha value is -0.136. The van der Waals surface area contributed by atoms with Crippen LogP contribution in [0.2, 0.25) is 0 Å². The van der Waals surface area contributed by atoms with Gasteiger partial charge in [-0.2, -0.15) is 49.2 Å². The van der Waals surface area contributed by atoms with Gasteiger partial charge in [-0.25, -0.2) is 0 Å². The van der Waals surface area contributed by atoms with E-state index in [9.17, 15) is 4.79 Å². The van der Waals surface area contributed by atoms with E-state index >= 15 is 0 Å². The first-order valence-electron chi connectivity index (χ1n) is 5.65. The van der Waals surface area contributed by atoms with E-state index < -0.39 is 0 Å². The molecule has 0 amide bonds. The van der Waals surface area contributed by atoms with Crippen LogP contribution in [0.5, 0.6) is 0 Å². The second kappa shape index (κ2) is 8.12. The first-order valence-corrected chi connectivity index (χ1v) is 5.65. The van der Waals surface area contributed by atoms with Gasteiger partial charge in [-0.15, -0.1) is 0 Å². The second-order valence-corrected chi connectivity index (χ2v) is 5.45. The normalized spacial score (nSPS) is 10.1. The van der Waals surface area contributed by atoms with Crippen LogP contribution < -0.4 is 0 Å². The van der Waals surface area contributed by atoms with Crippen molar-refractivity contribution >= 4 is 5.78 Å². The van der Waals surface area contributed by atoms with E-state index in [-0.39, 0.29) is 51.3 Å². The van der Waals surface area contributed by atoms with E-state index in [1.54, 1.807) is 0 Å². The predicted octanol–water partition coefficient (Wildman–Crippen LogP) is 4.14. The number of Topliss-reactive ketones (excluding diaryl/α,β-unsaturated/α-hetero) is 1. The predicted molar refractivity (Wildman–Crippen MR) is 74.0 cm³/mol. The number of hydrogen-bond donors (Lipinski definition) is 0. The number of rotatable bonds is 3. The summed E-state index contributed by atoms with van der Waals surface area (Å²) < 4.78 is 0. The first-order chi connectivity index (χ1) is 7.30. The SMILES string of the molecule is C.C[C-](C)C(=O)Cc1[c-]ccc(C(C)(C)C)c1.[Y]. The number of benzene rings is 1.